The number of ether oxygens (including phenoxy) is 3. The van der Waals surface area contributed by atoms with Crippen LogP contribution in [0.15, 0.2) is 11.6 Å². The Morgan fingerprint density at radius 2 is 1.81 bits per heavy atom. The molecule has 0 aromatic heterocycles. The van der Waals surface area contributed by atoms with Gasteiger partial charge in [-0.05, 0) is 91.8 Å². The van der Waals surface area contributed by atoms with Gasteiger partial charge in [0.05, 0.1) is 25.4 Å². The third kappa shape index (κ3) is 4.94. The molecule has 0 bridgehead atoms. The summed E-state index contributed by atoms with van der Waals surface area (Å²) in [5.74, 6) is 1.06. The van der Waals surface area contributed by atoms with E-state index in [1.165, 1.54) is 18.4 Å². The van der Waals surface area contributed by atoms with E-state index in [0.717, 1.165) is 32.1 Å². The molecule has 6 rings (SSSR count). The first-order chi connectivity index (χ1) is 19.8. The summed E-state index contributed by atoms with van der Waals surface area (Å²) in [6.45, 7) is 8.83. The predicted molar refractivity (Wildman–Crippen MR) is 154 cm³/mol. The first kappa shape index (κ1) is 31.4. The number of aliphatic hydroxyl groups is 6. The lowest BCUT2D eigenvalue weighted by atomic mass is 9.47. The van der Waals surface area contributed by atoms with Crippen LogP contribution in [-0.4, -0.2) is 92.6 Å². The summed E-state index contributed by atoms with van der Waals surface area (Å²) >= 11 is 0. The summed E-state index contributed by atoms with van der Waals surface area (Å²) in [6.07, 6.45) is 4.36. The van der Waals surface area contributed by atoms with E-state index in [2.05, 4.69) is 26.8 Å². The number of fused-ring (bicyclic) bond motifs is 7. The zero-order valence-corrected chi connectivity index (χ0v) is 25.8. The molecule has 5 fully saturated rings. The number of allylic oxidation sites excluding steroid dienone is 1. The van der Waals surface area contributed by atoms with Gasteiger partial charge in [-0.15, -0.1) is 0 Å². The summed E-state index contributed by atoms with van der Waals surface area (Å²) in [6, 6.07) is 0. The average Bonchev–Trinajstić information content (AvgIpc) is 3.39. The average molecular weight is 595 g/mol. The Hall–Kier alpha value is -0.620. The summed E-state index contributed by atoms with van der Waals surface area (Å²) in [7, 11) is 0. The minimum atomic E-state index is -1.46. The van der Waals surface area contributed by atoms with E-state index in [4.69, 9.17) is 14.2 Å². The van der Waals surface area contributed by atoms with Crippen molar-refractivity contribution in [1.29, 1.82) is 0 Å². The van der Waals surface area contributed by atoms with Crippen LogP contribution in [0.3, 0.4) is 0 Å². The van der Waals surface area contributed by atoms with Crippen molar-refractivity contribution >= 4 is 0 Å². The van der Waals surface area contributed by atoms with E-state index in [0.29, 0.717) is 36.5 Å². The second kappa shape index (κ2) is 11.3. The van der Waals surface area contributed by atoms with Crippen LogP contribution in [0.4, 0.5) is 0 Å². The summed E-state index contributed by atoms with van der Waals surface area (Å²) < 4.78 is 17.8. The van der Waals surface area contributed by atoms with Crippen LogP contribution in [0.1, 0.15) is 85.5 Å². The van der Waals surface area contributed by atoms with Gasteiger partial charge in [-0.2, -0.15) is 0 Å². The van der Waals surface area contributed by atoms with Crippen LogP contribution < -0.4 is 0 Å². The van der Waals surface area contributed by atoms with Gasteiger partial charge >= 0.3 is 0 Å². The van der Waals surface area contributed by atoms with Crippen molar-refractivity contribution in [3.8, 4) is 0 Å². The Morgan fingerprint density at radius 1 is 1.05 bits per heavy atom. The summed E-state index contributed by atoms with van der Waals surface area (Å²) in [4.78, 5) is 0. The molecule has 2 aliphatic heterocycles. The fourth-order valence-electron chi connectivity index (χ4n) is 10.6. The highest BCUT2D eigenvalue weighted by Crippen LogP contribution is 2.70. The molecule has 16 atom stereocenters. The fourth-order valence-corrected chi connectivity index (χ4v) is 10.6. The highest BCUT2D eigenvalue weighted by atomic mass is 16.7. The Bertz CT molecular complexity index is 1020. The van der Waals surface area contributed by atoms with Crippen molar-refractivity contribution in [3.63, 3.8) is 0 Å². The van der Waals surface area contributed by atoms with Crippen molar-refractivity contribution in [1.82, 2.24) is 0 Å². The maximum atomic E-state index is 11.8. The van der Waals surface area contributed by atoms with Crippen molar-refractivity contribution in [2.24, 2.45) is 46.3 Å². The lowest BCUT2D eigenvalue weighted by Gasteiger charge is -2.58. The standard InChI is InChI=1S/C33H54O9/c1-17(16-40-30-29(38)28(37)27(36)25(15-34)41-30)7-12-33(39)18(2)26-24(42-33)14-23-21-6-5-19-13-20(35)8-10-31(19,3)22(21)9-11-32(23,26)4/h5,17-18,20-30,34-39H,6-16H2,1-4H3/t17-,18+,20+,21-,22+,23+,24+,25-,26+,27-,28+,29-,30-,31+,32+,33-/m1/s1. The molecule has 0 aromatic carbocycles. The third-order valence-electron chi connectivity index (χ3n) is 13.2. The van der Waals surface area contributed by atoms with Crippen LogP contribution in [-0.2, 0) is 14.2 Å². The molecule has 0 amide bonds. The lowest BCUT2D eigenvalue weighted by molar-refractivity contribution is -0.303. The van der Waals surface area contributed by atoms with E-state index in [1.54, 1.807) is 0 Å². The van der Waals surface area contributed by atoms with Gasteiger partial charge in [-0.1, -0.05) is 39.3 Å². The molecule has 0 radical (unpaired) electrons. The van der Waals surface area contributed by atoms with Crippen molar-refractivity contribution < 1.29 is 44.8 Å². The molecule has 6 N–H and O–H groups in total. The largest absolute Gasteiger partial charge is 0.394 e. The number of rotatable bonds is 7. The molecular formula is C33H54O9. The zero-order chi connectivity index (χ0) is 30.2. The van der Waals surface area contributed by atoms with E-state index in [1.807, 2.05) is 6.92 Å². The second-order valence-corrected chi connectivity index (χ2v) is 15.4. The maximum Gasteiger partial charge on any atom is 0.186 e. The minimum absolute atomic E-state index is 0.0164. The first-order valence-electron chi connectivity index (χ1n) is 16.5. The molecule has 2 saturated heterocycles. The Balaban J connectivity index is 1.06. The normalized spacial score (nSPS) is 54.4. The monoisotopic (exact) mass is 594 g/mol. The van der Waals surface area contributed by atoms with Gasteiger partial charge in [0.25, 0.3) is 0 Å². The molecule has 6 aliphatic rings. The van der Waals surface area contributed by atoms with Gasteiger partial charge in [0.2, 0.25) is 0 Å². The summed E-state index contributed by atoms with van der Waals surface area (Å²) in [5, 5.41) is 61.8. The van der Waals surface area contributed by atoms with E-state index >= 15 is 0 Å². The van der Waals surface area contributed by atoms with Gasteiger partial charge in [0.1, 0.15) is 24.4 Å². The Morgan fingerprint density at radius 3 is 2.55 bits per heavy atom. The summed E-state index contributed by atoms with van der Waals surface area (Å²) in [5.41, 5.74) is 1.85. The van der Waals surface area contributed by atoms with Gasteiger partial charge in [-0.3, -0.25) is 0 Å². The molecule has 4 aliphatic carbocycles. The van der Waals surface area contributed by atoms with Crippen molar-refractivity contribution in [2.45, 2.75) is 134 Å². The number of hydrogen-bond acceptors (Lipinski definition) is 9. The Kier molecular flexibility index (Phi) is 8.45. The van der Waals surface area contributed by atoms with E-state index < -0.39 is 43.1 Å². The van der Waals surface area contributed by atoms with Crippen molar-refractivity contribution in [2.75, 3.05) is 13.2 Å². The van der Waals surface area contributed by atoms with Crippen LogP contribution in [0.25, 0.3) is 0 Å². The smallest absolute Gasteiger partial charge is 0.186 e. The molecule has 9 nitrogen and oxygen atoms in total. The van der Waals surface area contributed by atoms with Crippen LogP contribution in [0.2, 0.25) is 0 Å². The molecule has 0 aromatic rings. The maximum absolute atomic E-state index is 11.8. The lowest BCUT2D eigenvalue weighted by Crippen LogP contribution is -2.59. The topological polar surface area (TPSA) is 149 Å². The highest BCUT2D eigenvalue weighted by molar-refractivity contribution is 5.26. The van der Waals surface area contributed by atoms with Crippen LogP contribution >= 0.6 is 0 Å². The predicted octanol–water partition coefficient (Wildman–Crippen LogP) is 2.49. The molecule has 240 valence electrons. The molecule has 2 heterocycles. The molecule has 3 saturated carbocycles. The molecule has 0 spiro atoms. The van der Waals surface area contributed by atoms with E-state index in [9.17, 15) is 30.6 Å². The van der Waals surface area contributed by atoms with Gasteiger partial charge in [0.15, 0.2) is 12.1 Å². The van der Waals surface area contributed by atoms with E-state index in [-0.39, 0.29) is 41.5 Å². The third-order valence-corrected chi connectivity index (χ3v) is 13.2. The molecule has 42 heavy (non-hydrogen) atoms. The van der Waals surface area contributed by atoms with Gasteiger partial charge < -0.3 is 44.8 Å². The molecular weight excluding hydrogens is 540 g/mol. The minimum Gasteiger partial charge on any atom is -0.394 e. The van der Waals surface area contributed by atoms with Crippen LogP contribution in [0, 0.1) is 46.3 Å². The zero-order valence-electron chi connectivity index (χ0n) is 25.8. The fraction of sp³-hybridized carbons (Fsp3) is 0.939. The molecule has 9 heteroatoms. The van der Waals surface area contributed by atoms with Gasteiger partial charge in [-0.25, -0.2) is 0 Å². The molecule has 0 unspecified atom stereocenters. The highest BCUT2D eigenvalue weighted by Gasteiger charge is 2.67. The number of aliphatic hydroxyl groups excluding tert-OH is 5. The van der Waals surface area contributed by atoms with Crippen molar-refractivity contribution in [3.05, 3.63) is 11.6 Å². The van der Waals surface area contributed by atoms with Gasteiger partial charge in [0, 0.05) is 12.3 Å². The Labute approximate surface area is 250 Å². The quantitative estimate of drug-likeness (QED) is 0.245. The van der Waals surface area contributed by atoms with Crippen LogP contribution in [0.5, 0.6) is 0 Å². The number of hydrogen-bond donors (Lipinski definition) is 6. The SMILES string of the molecule is C[C@H](CC[C@@]1(O)O[C@H]2C[C@H]3[C@@H]4CC=C5C[C@@H](O)CC[C@]5(C)[C@H]4CC[C@]3(C)[C@H]2[C@@H]1C)CO[C@@H]1O[C@H](CO)[C@@H](O)[C@H](O)[C@H]1O. The first-order valence-corrected chi connectivity index (χ1v) is 16.5. The second-order valence-electron chi connectivity index (χ2n) is 15.4.